The van der Waals surface area contributed by atoms with Crippen LogP contribution in [-0.4, -0.2) is 44.0 Å². The lowest BCUT2D eigenvalue weighted by Gasteiger charge is -2.18. The van der Waals surface area contributed by atoms with Crippen molar-refractivity contribution in [2.75, 3.05) is 33.0 Å². The molecule has 0 saturated heterocycles. The van der Waals surface area contributed by atoms with Crippen LogP contribution in [0.4, 0.5) is 0 Å². The van der Waals surface area contributed by atoms with E-state index < -0.39 is 7.82 Å². The second-order valence-electron chi connectivity index (χ2n) is 4.93. The van der Waals surface area contributed by atoms with E-state index in [2.05, 4.69) is 0 Å². The predicted molar refractivity (Wildman–Crippen MR) is 87.6 cm³/mol. The Morgan fingerprint density at radius 2 is 2.04 bits per heavy atom. The Labute approximate surface area is 141 Å². The fraction of sp³-hybridized carbons (Fsp3) is 0.786. The van der Waals surface area contributed by atoms with E-state index in [-0.39, 0.29) is 19.3 Å². The summed E-state index contributed by atoms with van der Waals surface area (Å²) in [4.78, 5) is 10.8. The van der Waals surface area contributed by atoms with Gasteiger partial charge in [-0.15, -0.1) is 0 Å². The quantitative estimate of drug-likeness (QED) is 0.449. The van der Waals surface area contributed by atoms with Crippen LogP contribution in [0.2, 0.25) is 0 Å². The lowest BCUT2D eigenvalue weighted by Crippen LogP contribution is -2.28. The van der Waals surface area contributed by atoms with Crippen LogP contribution >= 0.6 is 19.2 Å². The van der Waals surface area contributed by atoms with Crippen molar-refractivity contribution < 1.29 is 32.5 Å². The fourth-order valence-electron chi connectivity index (χ4n) is 1.84. The third kappa shape index (κ3) is 7.85. The molecule has 1 heterocycles. The Morgan fingerprint density at radius 1 is 1.30 bits per heavy atom. The highest BCUT2D eigenvalue weighted by Crippen LogP contribution is 2.43. The summed E-state index contributed by atoms with van der Waals surface area (Å²) in [6.45, 7) is 7.14. The summed E-state index contributed by atoms with van der Waals surface area (Å²) >= 11 is 1.59. The number of nitrogens with zero attached hydrogens (tertiary/aromatic N) is 1. The minimum atomic E-state index is -4.09. The van der Waals surface area contributed by atoms with Gasteiger partial charge in [0.25, 0.3) is 0 Å². The standard InChI is InChI=1S/C14H26NO6PS/c1-5-18-9-13(19-6-2)10-21-22(16,17)20-8-7-14-12(3)15(4)11-23-14/h11,13H,5-10H2,1-4H3/p+1/t13-/m0/s1. The Kier molecular flexibility index (Phi) is 9.46. The molecule has 1 aromatic heterocycles. The van der Waals surface area contributed by atoms with E-state index in [4.69, 9.17) is 18.5 Å². The van der Waals surface area contributed by atoms with Gasteiger partial charge in [0.1, 0.15) is 13.2 Å². The van der Waals surface area contributed by atoms with Crippen LogP contribution in [0.25, 0.3) is 0 Å². The van der Waals surface area contributed by atoms with Gasteiger partial charge in [0, 0.05) is 26.6 Å². The number of rotatable bonds is 12. The van der Waals surface area contributed by atoms with Crippen molar-refractivity contribution >= 4 is 19.2 Å². The lowest BCUT2D eigenvalue weighted by molar-refractivity contribution is -0.672. The molecule has 0 aliphatic heterocycles. The summed E-state index contributed by atoms with van der Waals surface area (Å²) in [5, 5.41) is 0. The molecule has 1 rings (SSSR count). The molecule has 2 atom stereocenters. The smallest absolute Gasteiger partial charge is 0.379 e. The summed E-state index contributed by atoms with van der Waals surface area (Å²) in [5.41, 5.74) is 3.11. The van der Waals surface area contributed by atoms with Gasteiger partial charge in [-0.3, -0.25) is 9.05 Å². The van der Waals surface area contributed by atoms with Crippen LogP contribution in [-0.2, 0) is 36.6 Å². The molecule has 0 bridgehead atoms. The van der Waals surface area contributed by atoms with Crippen LogP contribution in [0.3, 0.4) is 0 Å². The minimum absolute atomic E-state index is 0.0470. The highest BCUT2D eigenvalue weighted by molar-refractivity contribution is 7.47. The van der Waals surface area contributed by atoms with Crippen molar-refractivity contribution in [1.82, 2.24) is 0 Å². The van der Waals surface area contributed by atoms with E-state index in [0.29, 0.717) is 26.2 Å². The molecule has 0 aliphatic carbocycles. The molecule has 1 N–H and O–H groups in total. The monoisotopic (exact) mass is 368 g/mol. The second-order valence-corrected chi connectivity index (χ2v) is 7.32. The molecule has 134 valence electrons. The van der Waals surface area contributed by atoms with Gasteiger partial charge in [-0.25, -0.2) is 4.57 Å². The van der Waals surface area contributed by atoms with E-state index in [9.17, 15) is 9.46 Å². The topological polar surface area (TPSA) is 78.1 Å². The largest absolute Gasteiger partial charge is 0.472 e. The van der Waals surface area contributed by atoms with Crippen molar-refractivity contribution in [1.29, 1.82) is 0 Å². The first kappa shape index (κ1) is 20.7. The van der Waals surface area contributed by atoms with Crippen molar-refractivity contribution in [3.05, 3.63) is 16.1 Å². The molecule has 1 unspecified atom stereocenters. The first-order chi connectivity index (χ1) is 10.9. The normalized spacial score (nSPS) is 15.5. The van der Waals surface area contributed by atoms with Gasteiger partial charge in [0.15, 0.2) is 5.69 Å². The molecule has 7 nitrogen and oxygen atoms in total. The molecular formula is C14H27NO6PS+. The number of aryl methyl sites for hydroxylation is 1. The Morgan fingerprint density at radius 3 is 2.61 bits per heavy atom. The van der Waals surface area contributed by atoms with Crippen LogP contribution in [0.15, 0.2) is 5.51 Å². The second kappa shape index (κ2) is 10.5. The summed E-state index contributed by atoms with van der Waals surface area (Å²) < 4.78 is 34.6. The maximum Gasteiger partial charge on any atom is 0.472 e. The molecule has 0 aliphatic rings. The lowest BCUT2D eigenvalue weighted by atomic mass is 10.3. The maximum absolute atomic E-state index is 11.9. The zero-order valence-electron chi connectivity index (χ0n) is 14.2. The number of phosphoric ester groups is 1. The van der Waals surface area contributed by atoms with Gasteiger partial charge < -0.3 is 14.4 Å². The number of hydrogen-bond donors (Lipinski definition) is 1. The number of phosphoric acid groups is 1. The third-order valence-corrected chi connectivity index (χ3v) is 5.39. The van der Waals surface area contributed by atoms with Gasteiger partial charge in [-0.1, -0.05) is 11.3 Å². The molecule has 0 spiro atoms. The molecule has 0 saturated carbocycles. The molecule has 0 radical (unpaired) electrons. The number of ether oxygens (including phenoxy) is 2. The Bertz CT molecular complexity index is 509. The van der Waals surface area contributed by atoms with Crippen molar-refractivity contribution in [3.63, 3.8) is 0 Å². The van der Waals surface area contributed by atoms with Gasteiger partial charge in [0.05, 0.1) is 24.7 Å². The molecule has 23 heavy (non-hydrogen) atoms. The fourth-order valence-corrected chi connectivity index (χ4v) is 3.55. The summed E-state index contributed by atoms with van der Waals surface area (Å²) in [5.74, 6) is 0. The molecule has 0 aromatic carbocycles. The summed E-state index contributed by atoms with van der Waals surface area (Å²) in [7, 11) is -2.12. The predicted octanol–water partition coefficient (Wildman–Crippen LogP) is 2.00. The molecule has 1 aromatic rings. The number of thiazole rings is 1. The SMILES string of the molecule is CCOC[C@@H](COP(=O)(O)OCCc1sc[n+](C)c1C)OCC. The zero-order chi connectivity index (χ0) is 17.3. The molecular weight excluding hydrogens is 341 g/mol. The van der Waals surface area contributed by atoms with Gasteiger partial charge in [0.2, 0.25) is 5.51 Å². The Hall–Kier alpha value is -0.340. The van der Waals surface area contributed by atoms with E-state index in [1.807, 2.05) is 37.9 Å². The van der Waals surface area contributed by atoms with E-state index in [1.54, 1.807) is 11.3 Å². The number of aromatic nitrogens is 1. The number of hydrogen-bond acceptors (Lipinski definition) is 6. The van der Waals surface area contributed by atoms with E-state index in [0.717, 1.165) is 10.6 Å². The maximum atomic E-state index is 11.9. The van der Waals surface area contributed by atoms with Crippen LogP contribution < -0.4 is 4.57 Å². The van der Waals surface area contributed by atoms with Gasteiger partial charge in [-0.05, 0) is 13.8 Å². The molecule has 9 heteroatoms. The zero-order valence-corrected chi connectivity index (χ0v) is 15.9. The van der Waals surface area contributed by atoms with Crippen LogP contribution in [0.1, 0.15) is 24.4 Å². The van der Waals surface area contributed by atoms with Crippen molar-refractivity contribution in [2.24, 2.45) is 7.05 Å². The van der Waals surface area contributed by atoms with Crippen LogP contribution in [0, 0.1) is 6.92 Å². The van der Waals surface area contributed by atoms with Crippen LogP contribution in [0.5, 0.6) is 0 Å². The minimum Gasteiger partial charge on any atom is -0.379 e. The average Bonchev–Trinajstić information content (AvgIpc) is 2.82. The average molecular weight is 368 g/mol. The first-order valence-electron chi connectivity index (χ1n) is 7.63. The van der Waals surface area contributed by atoms with Gasteiger partial charge >= 0.3 is 7.82 Å². The summed E-state index contributed by atoms with van der Waals surface area (Å²) in [6, 6.07) is 0. The third-order valence-electron chi connectivity index (χ3n) is 3.20. The van der Waals surface area contributed by atoms with E-state index in [1.165, 1.54) is 0 Å². The summed E-state index contributed by atoms with van der Waals surface area (Å²) in [6.07, 6.45) is 0.182. The van der Waals surface area contributed by atoms with Gasteiger partial charge in [-0.2, -0.15) is 4.57 Å². The molecule has 0 fully saturated rings. The highest BCUT2D eigenvalue weighted by Gasteiger charge is 2.24. The Balaban J connectivity index is 2.36. The highest BCUT2D eigenvalue weighted by atomic mass is 32.1. The van der Waals surface area contributed by atoms with Crippen molar-refractivity contribution in [2.45, 2.75) is 33.3 Å². The first-order valence-corrected chi connectivity index (χ1v) is 10.0. The molecule has 0 amide bonds. The van der Waals surface area contributed by atoms with Crippen molar-refractivity contribution in [3.8, 4) is 0 Å². The van der Waals surface area contributed by atoms with E-state index >= 15 is 0 Å².